The molecule has 1 amide bonds. The summed E-state index contributed by atoms with van der Waals surface area (Å²) in [7, 11) is 1.85. The Balaban J connectivity index is 1.55. The number of fused-ring (bicyclic) bond motifs is 1. The van der Waals surface area contributed by atoms with E-state index in [9.17, 15) is 9.18 Å². The van der Waals surface area contributed by atoms with Crippen LogP contribution in [0, 0.1) is 5.82 Å². The fourth-order valence-corrected chi connectivity index (χ4v) is 3.66. The Bertz CT molecular complexity index is 952. The molecule has 0 bridgehead atoms. The Hall–Kier alpha value is -2.89. The lowest BCUT2D eigenvalue weighted by Gasteiger charge is -2.33. The third-order valence-corrected chi connectivity index (χ3v) is 5.04. The van der Waals surface area contributed by atoms with Crippen molar-refractivity contribution in [2.75, 3.05) is 25.5 Å². The van der Waals surface area contributed by atoms with Gasteiger partial charge in [-0.25, -0.2) is 9.37 Å². The molecule has 1 atom stereocenters. The zero-order valence-electron chi connectivity index (χ0n) is 14.6. The molecule has 1 aliphatic rings. The predicted octanol–water partition coefficient (Wildman–Crippen LogP) is 3.76. The van der Waals surface area contributed by atoms with Crippen LogP contribution in [0.4, 0.5) is 10.2 Å². The first-order valence-electron chi connectivity index (χ1n) is 8.85. The van der Waals surface area contributed by atoms with Crippen molar-refractivity contribution < 1.29 is 9.18 Å². The lowest BCUT2D eigenvalue weighted by Crippen LogP contribution is -2.39. The number of halogens is 1. The quantitative estimate of drug-likeness (QED) is 0.754. The van der Waals surface area contributed by atoms with E-state index in [2.05, 4.69) is 15.3 Å². The minimum atomic E-state index is -0.311. The molecule has 6 heteroatoms. The van der Waals surface area contributed by atoms with Gasteiger partial charge in [0.05, 0.1) is 0 Å². The highest BCUT2D eigenvalue weighted by atomic mass is 19.1. The van der Waals surface area contributed by atoms with Crippen molar-refractivity contribution in [1.82, 2.24) is 14.9 Å². The highest BCUT2D eigenvalue weighted by Crippen LogP contribution is 2.29. The number of rotatable bonds is 3. The molecule has 1 aromatic carbocycles. The number of nitrogens with zero attached hydrogens (tertiary/aromatic N) is 2. The van der Waals surface area contributed by atoms with Gasteiger partial charge in [-0.05, 0) is 54.8 Å². The second-order valence-corrected chi connectivity index (χ2v) is 6.73. The van der Waals surface area contributed by atoms with Crippen LogP contribution in [-0.4, -0.2) is 40.9 Å². The third kappa shape index (κ3) is 3.14. The summed E-state index contributed by atoms with van der Waals surface area (Å²) < 4.78 is 13.4. The van der Waals surface area contributed by atoms with Gasteiger partial charge in [-0.1, -0.05) is 0 Å². The molecule has 2 aromatic heterocycles. The lowest BCUT2D eigenvalue weighted by atomic mass is 9.91. The van der Waals surface area contributed by atoms with Crippen LogP contribution in [0.3, 0.4) is 0 Å². The number of aromatic amines is 1. The molecule has 0 aliphatic carbocycles. The molecular formula is C20H21FN4O. The average Bonchev–Trinajstić information content (AvgIpc) is 3.10. The first-order valence-corrected chi connectivity index (χ1v) is 8.85. The van der Waals surface area contributed by atoms with Crippen molar-refractivity contribution in [3.8, 4) is 0 Å². The summed E-state index contributed by atoms with van der Waals surface area (Å²) in [4.78, 5) is 22.1. The summed E-state index contributed by atoms with van der Waals surface area (Å²) in [6.45, 7) is 1.42. The van der Waals surface area contributed by atoms with Crippen LogP contribution < -0.4 is 5.32 Å². The second-order valence-electron chi connectivity index (χ2n) is 6.73. The standard InChI is InChI=1S/C20H21FN4O/c1-22-19-10-13(6-7-23-19)15-3-2-8-25(12-15)20(26)18-9-14-4-5-16(21)11-17(14)24-18/h4-7,9-11,15,24H,2-3,8,12H2,1H3,(H,22,23). The number of piperidine rings is 1. The fourth-order valence-electron chi connectivity index (χ4n) is 3.66. The molecule has 1 aliphatic heterocycles. The number of carbonyl (C=O) groups excluding carboxylic acids is 1. The summed E-state index contributed by atoms with van der Waals surface area (Å²) in [5.41, 5.74) is 2.35. The van der Waals surface area contributed by atoms with Gasteiger partial charge in [0.15, 0.2) is 0 Å². The number of benzene rings is 1. The minimum Gasteiger partial charge on any atom is -0.373 e. The van der Waals surface area contributed by atoms with E-state index in [1.54, 1.807) is 18.3 Å². The van der Waals surface area contributed by atoms with Gasteiger partial charge in [-0.2, -0.15) is 0 Å². The van der Waals surface area contributed by atoms with Crippen LogP contribution in [0.5, 0.6) is 0 Å². The van der Waals surface area contributed by atoms with Crippen LogP contribution in [0.15, 0.2) is 42.6 Å². The zero-order chi connectivity index (χ0) is 18.1. The van der Waals surface area contributed by atoms with Crippen molar-refractivity contribution in [1.29, 1.82) is 0 Å². The monoisotopic (exact) mass is 352 g/mol. The minimum absolute atomic E-state index is 0.0331. The number of nitrogens with one attached hydrogen (secondary N) is 2. The van der Waals surface area contributed by atoms with Gasteiger partial charge in [0.25, 0.3) is 5.91 Å². The number of pyridine rings is 1. The van der Waals surface area contributed by atoms with Crippen molar-refractivity contribution in [2.24, 2.45) is 0 Å². The van der Waals surface area contributed by atoms with Crippen molar-refractivity contribution in [3.05, 3.63) is 59.7 Å². The second kappa shape index (κ2) is 6.78. The van der Waals surface area contributed by atoms with E-state index in [-0.39, 0.29) is 11.7 Å². The molecule has 5 nitrogen and oxygen atoms in total. The van der Waals surface area contributed by atoms with E-state index >= 15 is 0 Å². The number of carbonyl (C=O) groups is 1. The Kier molecular flexibility index (Phi) is 4.32. The van der Waals surface area contributed by atoms with Gasteiger partial charge in [-0.15, -0.1) is 0 Å². The van der Waals surface area contributed by atoms with Gasteiger partial charge < -0.3 is 15.2 Å². The largest absolute Gasteiger partial charge is 0.373 e. The van der Waals surface area contributed by atoms with Crippen LogP contribution in [0.25, 0.3) is 10.9 Å². The number of likely N-dealkylation sites (tertiary alicyclic amines) is 1. The number of amides is 1. The normalized spacial score (nSPS) is 17.5. The molecule has 2 N–H and O–H groups in total. The SMILES string of the molecule is CNc1cc(C2CCCN(C(=O)c3cc4ccc(F)cc4[nH]3)C2)ccn1. The van der Waals surface area contributed by atoms with Gasteiger partial charge >= 0.3 is 0 Å². The molecule has 134 valence electrons. The molecule has 3 aromatic rings. The van der Waals surface area contributed by atoms with Crippen LogP contribution in [-0.2, 0) is 0 Å². The summed E-state index contributed by atoms with van der Waals surface area (Å²) in [5, 5.41) is 3.90. The summed E-state index contributed by atoms with van der Waals surface area (Å²) in [6.07, 6.45) is 3.81. The Morgan fingerprint density at radius 3 is 3.04 bits per heavy atom. The van der Waals surface area contributed by atoms with Crippen molar-refractivity contribution in [3.63, 3.8) is 0 Å². The van der Waals surface area contributed by atoms with E-state index in [0.717, 1.165) is 30.6 Å². The molecule has 1 unspecified atom stereocenters. The number of hydrogen-bond acceptors (Lipinski definition) is 3. The zero-order valence-corrected chi connectivity index (χ0v) is 14.6. The number of aromatic nitrogens is 2. The highest BCUT2D eigenvalue weighted by molar-refractivity contribution is 5.98. The molecule has 4 rings (SSSR count). The molecule has 0 radical (unpaired) electrons. The molecule has 0 saturated carbocycles. The Morgan fingerprint density at radius 2 is 2.19 bits per heavy atom. The fraction of sp³-hybridized carbons (Fsp3) is 0.300. The molecule has 1 fully saturated rings. The van der Waals surface area contributed by atoms with Crippen LogP contribution >= 0.6 is 0 Å². The molecule has 3 heterocycles. The first kappa shape index (κ1) is 16.6. The Morgan fingerprint density at radius 1 is 1.31 bits per heavy atom. The smallest absolute Gasteiger partial charge is 0.270 e. The molecule has 1 saturated heterocycles. The Labute approximate surface area is 151 Å². The first-order chi connectivity index (χ1) is 12.6. The molecule has 0 spiro atoms. The number of anilines is 1. The predicted molar refractivity (Wildman–Crippen MR) is 99.9 cm³/mol. The molecule has 26 heavy (non-hydrogen) atoms. The maximum atomic E-state index is 13.4. The molecular weight excluding hydrogens is 331 g/mol. The maximum absolute atomic E-state index is 13.4. The van der Waals surface area contributed by atoms with E-state index in [0.29, 0.717) is 23.7 Å². The van der Waals surface area contributed by atoms with Crippen LogP contribution in [0.1, 0.15) is 34.8 Å². The summed E-state index contributed by atoms with van der Waals surface area (Å²) >= 11 is 0. The third-order valence-electron chi connectivity index (χ3n) is 5.04. The lowest BCUT2D eigenvalue weighted by molar-refractivity contribution is 0.0702. The van der Waals surface area contributed by atoms with Crippen molar-refractivity contribution in [2.45, 2.75) is 18.8 Å². The van der Waals surface area contributed by atoms with Crippen LogP contribution in [0.2, 0.25) is 0 Å². The topological polar surface area (TPSA) is 61.0 Å². The van der Waals surface area contributed by atoms with E-state index < -0.39 is 0 Å². The number of H-pyrrole nitrogens is 1. The highest BCUT2D eigenvalue weighted by Gasteiger charge is 2.26. The van der Waals surface area contributed by atoms with Crippen molar-refractivity contribution >= 4 is 22.6 Å². The summed E-state index contributed by atoms with van der Waals surface area (Å²) in [6, 6.07) is 10.4. The van der Waals surface area contributed by atoms with Gasteiger partial charge in [0, 0.05) is 43.2 Å². The van der Waals surface area contributed by atoms with Gasteiger partial charge in [-0.3, -0.25) is 4.79 Å². The summed E-state index contributed by atoms with van der Waals surface area (Å²) in [5.74, 6) is 0.789. The van der Waals surface area contributed by atoms with E-state index in [4.69, 9.17) is 0 Å². The number of hydrogen-bond donors (Lipinski definition) is 2. The average molecular weight is 352 g/mol. The maximum Gasteiger partial charge on any atom is 0.270 e. The van der Waals surface area contributed by atoms with Gasteiger partial charge in [0.1, 0.15) is 17.3 Å². The van der Waals surface area contributed by atoms with E-state index in [1.807, 2.05) is 24.1 Å². The van der Waals surface area contributed by atoms with E-state index in [1.165, 1.54) is 17.7 Å². The van der Waals surface area contributed by atoms with Gasteiger partial charge in [0.2, 0.25) is 0 Å².